The molecule has 0 saturated heterocycles. The molecule has 2 unspecified atom stereocenters. The molecule has 5 heteroatoms. The average Bonchev–Trinajstić information content (AvgIpc) is 2.75. The molecular weight excluding hydrogens is 416 g/mol. The monoisotopic (exact) mass is 442 g/mol. The third-order valence-electron chi connectivity index (χ3n) is 4.81. The van der Waals surface area contributed by atoms with Gasteiger partial charge in [0.25, 0.3) is 0 Å². The van der Waals surface area contributed by atoms with E-state index in [1.165, 1.54) is 0 Å². The molecule has 2 aromatic rings. The van der Waals surface area contributed by atoms with E-state index in [4.69, 9.17) is 21.1 Å². The summed E-state index contributed by atoms with van der Waals surface area (Å²) in [5, 5.41) is 0. The summed E-state index contributed by atoms with van der Waals surface area (Å²) in [4.78, 5) is 12.7. The van der Waals surface area contributed by atoms with Crippen molar-refractivity contribution < 1.29 is 14.3 Å². The standard InChI is InChI=1S/C25H27ClO3S/c1-2-28-24(27)16-8-13-21-12-6-7-17-25(21,26)30-23-15-9-14-22(18-23)29-19-20-10-4-3-5-11-20/h3-7,9-12,14-15,17-18,21H,2,8,13,16,19H2,1H3. The number of thioether (sulfide) groups is 1. The van der Waals surface area contributed by atoms with Gasteiger partial charge in [0.15, 0.2) is 0 Å². The van der Waals surface area contributed by atoms with Crippen LogP contribution in [0, 0.1) is 5.92 Å². The third-order valence-corrected chi connectivity index (χ3v) is 6.69. The fourth-order valence-electron chi connectivity index (χ4n) is 3.29. The summed E-state index contributed by atoms with van der Waals surface area (Å²) in [5.41, 5.74) is 1.13. The first kappa shape index (κ1) is 22.5. The van der Waals surface area contributed by atoms with Crippen molar-refractivity contribution in [3.8, 4) is 5.75 Å². The SMILES string of the molecule is CCOC(=O)CCCC1C=CC=CC1(Cl)Sc1cccc(OCc2ccccc2)c1. The highest BCUT2D eigenvalue weighted by atomic mass is 35.5. The van der Waals surface area contributed by atoms with Crippen LogP contribution in [-0.4, -0.2) is 16.8 Å². The zero-order valence-electron chi connectivity index (χ0n) is 17.1. The first-order chi connectivity index (χ1) is 14.6. The maximum Gasteiger partial charge on any atom is 0.305 e. The molecule has 158 valence electrons. The number of hydrogen-bond donors (Lipinski definition) is 0. The summed E-state index contributed by atoms with van der Waals surface area (Å²) in [6.45, 7) is 2.77. The van der Waals surface area contributed by atoms with Gasteiger partial charge >= 0.3 is 5.97 Å². The molecule has 0 N–H and O–H groups in total. The van der Waals surface area contributed by atoms with Gasteiger partial charge < -0.3 is 9.47 Å². The van der Waals surface area contributed by atoms with Gasteiger partial charge in [-0.15, -0.1) is 11.6 Å². The Morgan fingerprint density at radius 1 is 1.13 bits per heavy atom. The molecule has 0 saturated carbocycles. The zero-order valence-corrected chi connectivity index (χ0v) is 18.7. The second-order valence-corrected chi connectivity index (χ2v) is 9.30. The lowest BCUT2D eigenvalue weighted by Gasteiger charge is -2.32. The molecule has 0 aromatic heterocycles. The second kappa shape index (κ2) is 11.3. The number of alkyl halides is 1. The van der Waals surface area contributed by atoms with E-state index in [1.807, 2.05) is 79.7 Å². The molecule has 0 aliphatic heterocycles. The molecule has 3 nitrogen and oxygen atoms in total. The van der Waals surface area contributed by atoms with Gasteiger partial charge in [-0.1, -0.05) is 72.5 Å². The van der Waals surface area contributed by atoms with Crippen LogP contribution in [0.15, 0.2) is 83.8 Å². The number of benzene rings is 2. The topological polar surface area (TPSA) is 35.5 Å². The highest BCUT2D eigenvalue weighted by Gasteiger charge is 2.35. The van der Waals surface area contributed by atoms with Gasteiger partial charge in [0.2, 0.25) is 0 Å². The van der Waals surface area contributed by atoms with Crippen LogP contribution < -0.4 is 4.74 Å². The molecule has 0 radical (unpaired) electrons. The normalized spacial score (nSPS) is 20.1. The van der Waals surface area contributed by atoms with E-state index in [-0.39, 0.29) is 11.9 Å². The van der Waals surface area contributed by atoms with Crippen molar-refractivity contribution in [1.29, 1.82) is 0 Å². The number of carbonyl (C=O) groups is 1. The van der Waals surface area contributed by atoms with Crippen molar-refractivity contribution in [3.05, 3.63) is 84.5 Å². The molecule has 3 rings (SSSR count). The van der Waals surface area contributed by atoms with Crippen LogP contribution in [0.4, 0.5) is 0 Å². The summed E-state index contributed by atoms with van der Waals surface area (Å²) in [6, 6.07) is 18.1. The fraction of sp³-hybridized carbons (Fsp3) is 0.320. The molecule has 2 atom stereocenters. The van der Waals surface area contributed by atoms with Crippen molar-refractivity contribution in [2.45, 2.75) is 41.9 Å². The third kappa shape index (κ3) is 6.68. The molecule has 1 aliphatic rings. The highest BCUT2D eigenvalue weighted by molar-refractivity contribution is 8.02. The lowest BCUT2D eigenvalue weighted by molar-refractivity contribution is -0.143. The van der Waals surface area contributed by atoms with Crippen molar-refractivity contribution in [2.24, 2.45) is 5.92 Å². The van der Waals surface area contributed by atoms with Crippen molar-refractivity contribution >= 4 is 29.3 Å². The Morgan fingerprint density at radius 2 is 1.97 bits per heavy atom. The number of allylic oxidation sites excluding steroid dienone is 3. The lowest BCUT2D eigenvalue weighted by atomic mass is 9.94. The van der Waals surface area contributed by atoms with Gasteiger partial charge in [0.1, 0.15) is 16.6 Å². The van der Waals surface area contributed by atoms with Gasteiger partial charge in [0.05, 0.1) is 6.61 Å². The first-order valence-electron chi connectivity index (χ1n) is 10.3. The Kier molecular flexibility index (Phi) is 8.47. The van der Waals surface area contributed by atoms with Crippen LogP contribution in [0.3, 0.4) is 0 Å². The summed E-state index contributed by atoms with van der Waals surface area (Å²) in [6.07, 6.45) is 10.2. The molecule has 0 heterocycles. The van der Waals surface area contributed by atoms with Crippen LogP contribution >= 0.6 is 23.4 Å². The lowest BCUT2D eigenvalue weighted by Crippen LogP contribution is -2.26. The molecule has 0 amide bonds. The molecule has 0 fully saturated rings. The Balaban J connectivity index is 1.60. The summed E-state index contributed by atoms with van der Waals surface area (Å²) in [5.74, 6) is 0.791. The van der Waals surface area contributed by atoms with E-state index in [9.17, 15) is 4.79 Å². The van der Waals surface area contributed by atoms with Crippen LogP contribution in [-0.2, 0) is 16.1 Å². The molecule has 0 bridgehead atoms. The van der Waals surface area contributed by atoms with E-state index in [2.05, 4.69) is 6.08 Å². The molecule has 1 aliphatic carbocycles. The van der Waals surface area contributed by atoms with E-state index in [0.29, 0.717) is 19.6 Å². The molecule has 2 aromatic carbocycles. The number of rotatable bonds is 10. The largest absolute Gasteiger partial charge is 0.489 e. The first-order valence-corrected chi connectivity index (χ1v) is 11.4. The summed E-state index contributed by atoms with van der Waals surface area (Å²) >= 11 is 8.66. The minimum absolute atomic E-state index is 0.123. The van der Waals surface area contributed by atoms with Crippen molar-refractivity contribution in [2.75, 3.05) is 6.61 Å². The highest BCUT2D eigenvalue weighted by Crippen LogP contribution is 2.48. The average molecular weight is 443 g/mol. The number of hydrogen-bond acceptors (Lipinski definition) is 4. The molecule has 30 heavy (non-hydrogen) atoms. The van der Waals surface area contributed by atoms with E-state index < -0.39 is 4.21 Å². The van der Waals surface area contributed by atoms with Crippen molar-refractivity contribution in [1.82, 2.24) is 0 Å². The van der Waals surface area contributed by atoms with Crippen LogP contribution in [0.2, 0.25) is 0 Å². The maximum absolute atomic E-state index is 11.6. The van der Waals surface area contributed by atoms with E-state index in [1.54, 1.807) is 11.8 Å². The Morgan fingerprint density at radius 3 is 2.77 bits per heavy atom. The summed E-state index contributed by atoms with van der Waals surface area (Å²) in [7, 11) is 0. The second-order valence-electron chi connectivity index (χ2n) is 7.10. The van der Waals surface area contributed by atoms with Crippen LogP contribution in [0.25, 0.3) is 0 Å². The van der Waals surface area contributed by atoms with Gasteiger partial charge in [-0.3, -0.25) is 4.79 Å². The molecular formula is C25H27ClO3S. The van der Waals surface area contributed by atoms with Gasteiger partial charge in [0, 0.05) is 17.2 Å². The van der Waals surface area contributed by atoms with Gasteiger partial charge in [-0.05, 0) is 43.5 Å². The predicted octanol–water partition coefficient (Wildman–Crippen LogP) is 6.77. The number of halogens is 1. The van der Waals surface area contributed by atoms with E-state index in [0.717, 1.165) is 29.1 Å². The van der Waals surface area contributed by atoms with Crippen molar-refractivity contribution in [3.63, 3.8) is 0 Å². The zero-order chi connectivity index (χ0) is 21.2. The predicted molar refractivity (Wildman–Crippen MR) is 124 cm³/mol. The minimum atomic E-state index is -0.596. The molecule has 0 spiro atoms. The Bertz CT molecular complexity index is 881. The minimum Gasteiger partial charge on any atom is -0.489 e. The fourth-order valence-corrected chi connectivity index (χ4v) is 4.99. The smallest absolute Gasteiger partial charge is 0.305 e. The van der Waals surface area contributed by atoms with Gasteiger partial charge in [-0.2, -0.15) is 0 Å². The number of carbonyl (C=O) groups excluding carboxylic acids is 1. The quantitative estimate of drug-likeness (QED) is 0.300. The van der Waals surface area contributed by atoms with E-state index >= 15 is 0 Å². The maximum atomic E-state index is 11.6. The van der Waals surface area contributed by atoms with Gasteiger partial charge in [-0.25, -0.2) is 0 Å². The number of esters is 1. The Labute approximate surface area is 188 Å². The Hall–Kier alpha value is -2.17. The number of ether oxygens (including phenoxy) is 2. The summed E-state index contributed by atoms with van der Waals surface area (Å²) < 4.78 is 10.4. The van der Waals surface area contributed by atoms with Crippen LogP contribution in [0.5, 0.6) is 5.75 Å². The van der Waals surface area contributed by atoms with Crippen LogP contribution in [0.1, 0.15) is 31.7 Å².